The molecule has 3 aromatic rings. The Morgan fingerprint density at radius 2 is 2.03 bits per heavy atom. The number of carbonyl (C=O) groups is 2. The van der Waals surface area contributed by atoms with E-state index < -0.39 is 6.04 Å². The summed E-state index contributed by atoms with van der Waals surface area (Å²) in [5, 5.41) is 10.5. The quantitative estimate of drug-likeness (QED) is 0.576. The largest absolute Gasteiger partial charge is 0.497 e. The van der Waals surface area contributed by atoms with Crippen LogP contribution in [0, 0.1) is 6.92 Å². The van der Waals surface area contributed by atoms with Crippen LogP contribution in [0.2, 0.25) is 0 Å². The number of hydrogen-bond donors (Lipinski definition) is 1. The van der Waals surface area contributed by atoms with E-state index in [1.807, 2.05) is 42.6 Å². The minimum Gasteiger partial charge on any atom is -0.497 e. The van der Waals surface area contributed by atoms with E-state index in [-0.39, 0.29) is 23.6 Å². The van der Waals surface area contributed by atoms with Crippen molar-refractivity contribution in [1.82, 2.24) is 19.8 Å². The fourth-order valence-electron chi connectivity index (χ4n) is 3.30. The van der Waals surface area contributed by atoms with E-state index in [4.69, 9.17) is 4.74 Å². The van der Waals surface area contributed by atoms with Crippen molar-refractivity contribution in [1.29, 1.82) is 0 Å². The molecule has 7 nitrogen and oxygen atoms in total. The van der Waals surface area contributed by atoms with Gasteiger partial charge in [-0.1, -0.05) is 16.6 Å². The number of rotatable bonds is 8. The summed E-state index contributed by atoms with van der Waals surface area (Å²) in [6, 6.07) is 8.87. The van der Waals surface area contributed by atoms with Gasteiger partial charge in [0.05, 0.1) is 7.11 Å². The molecule has 1 fully saturated rings. The molecule has 30 heavy (non-hydrogen) atoms. The summed E-state index contributed by atoms with van der Waals surface area (Å²) >= 11 is 2.63. The summed E-state index contributed by atoms with van der Waals surface area (Å²) in [5.41, 5.74) is 2.24. The molecule has 2 aromatic heterocycles. The van der Waals surface area contributed by atoms with Crippen molar-refractivity contribution < 1.29 is 14.3 Å². The van der Waals surface area contributed by atoms with Gasteiger partial charge in [0.1, 0.15) is 11.8 Å². The van der Waals surface area contributed by atoms with Crippen LogP contribution in [0.4, 0.5) is 0 Å². The molecule has 1 saturated carbocycles. The lowest BCUT2D eigenvalue weighted by molar-refractivity contribution is -0.126. The first-order valence-corrected chi connectivity index (χ1v) is 11.3. The summed E-state index contributed by atoms with van der Waals surface area (Å²) in [6.45, 7) is 2.34. The average Bonchev–Trinajstić information content (AvgIpc) is 3.26. The topological polar surface area (TPSA) is 84.4 Å². The van der Waals surface area contributed by atoms with Gasteiger partial charge in [-0.25, -0.2) is 0 Å². The standard InChI is InChI=1S/C21H22N4O3S2/c1-13-9-10-29-19(13)18(20(26)22-11-14-3-7-16(28-2)8-4-14)25(15-5-6-15)21(27)17-12-30-24-23-17/h3-4,7-10,12,15,18H,5-6,11H2,1-2H3,(H,22,26). The van der Waals surface area contributed by atoms with Gasteiger partial charge in [-0.3, -0.25) is 9.59 Å². The van der Waals surface area contributed by atoms with E-state index in [1.54, 1.807) is 17.4 Å². The van der Waals surface area contributed by atoms with E-state index in [9.17, 15) is 9.59 Å². The highest BCUT2D eigenvalue weighted by Crippen LogP contribution is 2.38. The lowest BCUT2D eigenvalue weighted by atomic mass is 10.1. The summed E-state index contributed by atoms with van der Waals surface area (Å²) in [7, 11) is 1.62. The van der Waals surface area contributed by atoms with E-state index in [1.165, 1.54) is 11.3 Å². The van der Waals surface area contributed by atoms with Gasteiger partial charge in [0.25, 0.3) is 5.91 Å². The Morgan fingerprint density at radius 1 is 1.27 bits per heavy atom. The van der Waals surface area contributed by atoms with Crippen LogP contribution in [-0.2, 0) is 11.3 Å². The molecular weight excluding hydrogens is 420 g/mol. The predicted molar refractivity (Wildman–Crippen MR) is 116 cm³/mol. The van der Waals surface area contributed by atoms with Crippen molar-refractivity contribution in [3.05, 3.63) is 62.8 Å². The Labute approximate surface area is 182 Å². The molecule has 4 rings (SSSR count). The highest BCUT2D eigenvalue weighted by molar-refractivity contribution is 7.10. The van der Waals surface area contributed by atoms with E-state index in [0.29, 0.717) is 6.54 Å². The molecule has 1 aliphatic rings. The number of ether oxygens (including phenoxy) is 1. The Kier molecular flexibility index (Phi) is 6.10. The predicted octanol–water partition coefficient (Wildman–Crippen LogP) is 3.58. The monoisotopic (exact) mass is 442 g/mol. The van der Waals surface area contributed by atoms with E-state index in [2.05, 4.69) is 14.9 Å². The highest BCUT2D eigenvalue weighted by atomic mass is 32.1. The second kappa shape index (κ2) is 8.93. The van der Waals surface area contributed by atoms with Crippen LogP contribution in [0.25, 0.3) is 0 Å². The molecule has 1 aliphatic carbocycles. The van der Waals surface area contributed by atoms with Crippen LogP contribution in [-0.4, -0.2) is 39.5 Å². The van der Waals surface area contributed by atoms with Crippen molar-refractivity contribution in [3.63, 3.8) is 0 Å². The van der Waals surface area contributed by atoms with Gasteiger partial charge in [-0.05, 0) is 66.0 Å². The van der Waals surface area contributed by atoms with Crippen molar-refractivity contribution in [3.8, 4) is 5.75 Å². The van der Waals surface area contributed by atoms with E-state index in [0.717, 1.165) is 46.1 Å². The molecular formula is C21H22N4O3S2. The number of amides is 2. The zero-order chi connectivity index (χ0) is 21.1. The van der Waals surface area contributed by atoms with Crippen molar-refractivity contribution in [2.75, 3.05) is 7.11 Å². The highest BCUT2D eigenvalue weighted by Gasteiger charge is 2.43. The van der Waals surface area contributed by atoms with Gasteiger partial charge < -0.3 is 15.0 Å². The third kappa shape index (κ3) is 4.36. The molecule has 0 saturated heterocycles. The molecule has 1 unspecified atom stereocenters. The Bertz CT molecular complexity index is 1010. The van der Waals surface area contributed by atoms with Crippen LogP contribution < -0.4 is 10.1 Å². The number of benzene rings is 1. The first-order chi connectivity index (χ1) is 14.6. The molecule has 1 aromatic carbocycles. The van der Waals surface area contributed by atoms with Gasteiger partial charge in [-0.2, -0.15) is 0 Å². The number of methoxy groups -OCH3 is 1. The summed E-state index contributed by atoms with van der Waals surface area (Å²) in [5.74, 6) is 0.322. The number of aryl methyl sites for hydroxylation is 1. The minimum atomic E-state index is -0.690. The number of aromatic nitrogens is 2. The van der Waals surface area contributed by atoms with Crippen molar-refractivity contribution in [2.24, 2.45) is 0 Å². The number of nitrogens with one attached hydrogen (secondary N) is 1. The molecule has 2 heterocycles. The Morgan fingerprint density at radius 3 is 2.60 bits per heavy atom. The smallest absolute Gasteiger partial charge is 0.276 e. The van der Waals surface area contributed by atoms with Crippen molar-refractivity contribution >= 4 is 34.7 Å². The van der Waals surface area contributed by atoms with Crippen LogP contribution in [0.1, 0.15) is 45.4 Å². The fraction of sp³-hybridized carbons (Fsp3) is 0.333. The molecule has 1 atom stereocenters. The van der Waals surface area contributed by atoms with Crippen molar-refractivity contribution in [2.45, 2.75) is 38.4 Å². The Balaban J connectivity index is 1.59. The fourth-order valence-corrected chi connectivity index (χ4v) is 4.75. The minimum absolute atomic E-state index is 0.0393. The maximum atomic E-state index is 13.4. The molecule has 0 spiro atoms. The lowest BCUT2D eigenvalue weighted by Crippen LogP contribution is -2.44. The molecule has 156 valence electrons. The third-order valence-electron chi connectivity index (χ3n) is 5.06. The average molecular weight is 443 g/mol. The second-order valence-electron chi connectivity index (χ2n) is 7.17. The summed E-state index contributed by atoms with van der Waals surface area (Å²) in [6.07, 6.45) is 1.77. The normalized spacial score (nSPS) is 14.2. The Hall–Kier alpha value is -2.78. The summed E-state index contributed by atoms with van der Waals surface area (Å²) < 4.78 is 9.00. The number of thiophene rings is 1. The maximum Gasteiger partial charge on any atom is 0.276 e. The first-order valence-electron chi connectivity index (χ1n) is 9.63. The van der Waals surface area contributed by atoms with Crippen LogP contribution in [0.3, 0.4) is 0 Å². The SMILES string of the molecule is COc1ccc(CNC(=O)C(c2sccc2C)N(C(=O)c2csnn2)C2CC2)cc1. The number of hydrogen-bond acceptors (Lipinski definition) is 7. The van der Waals surface area contributed by atoms with Crippen LogP contribution in [0.15, 0.2) is 41.1 Å². The van der Waals surface area contributed by atoms with Gasteiger partial charge >= 0.3 is 0 Å². The zero-order valence-corrected chi connectivity index (χ0v) is 18.3. The lowest BCUT2D eigenvalue weighted by Gasteiger charge is -2.30. The van der Waals surface area contributed by atoms with Crippen LogP contribution >= 0.6 is 22.9 Å². The maximum absolute atomic E-state index is 13.4. The molecule has 0 bridgehead atoms. The van der Waals surface area contributed by atoms with E-state index >= 15 is 0 Å². The molecule has 0 aliphatic heterocycles. The van der Waals surface area contributed by atoms with Gasteiger partial charge in [-0.15, -0.1) is 16.4 Å². The van der Waals surface area contributed by atoms with Gasteiger partial charge in [0.2, 0.25) is 5.91 Å². The third-order valence-corrected chi connectivity index (χ3v) is 6.63. The van der Waals surface area contributed by atoms with Gasteiger partial charge in [0, 0.05) is 22.8 Å². The molecule has 9 heteroatoms. The molecule has 1 N–H and O–H groups in total. The second-order valence-corrected chi connectivity index (χ2v) is 8.73. The first kappa shape index (κ1) is 20.5. The summed E-state index contributed by atoms with van der Waals surface area (Å²) in [4.78, 5) is 29.2. The molecule has 0 radical (unpaired) electrons. The van der Waals surface area contributed by atoms with Crippen LogP contribution in [0.5, 0.6) is 5.75 Å². The molecule has 2 amide bonds. The zero-order valence-electron chi connectivity index (χ0n) is 16.7. The number of nitrogens with zero attached hydrogens (tertiary/aromatic N) is 3. The number of carbonyl (C=O) groups excluding carboxylic acids is 2. The van der Waals surface area contributed by atoms with Gasteiger partial charge in [0.15, 0.2) is 5.69 Å².